The zero-order valence-corrected chi connectivity index (χ0v) is 16.7. The van der Waals surface area contributed by atoms with Gasteiger partial charge >= 0.3 is 0 Å². The smallest absolute Gasteiger partial charge is 0.239 e. The molecule has 0 spiro atoms. The summed E-state index contributed by atoms with van der Waals surface area (Å²) >= 11 is 0. The summed E-state index contributed by atoms with van der Waals surface area (Å²) in [4.78, 5) is 27.6. The van der Waals surface area contributed by atoms with Gasteiger partial charge in [-0.05, 0) is 50.2 Å². The summed E-state index contributed by atoms with van der Waals surface area (Å²) in [5, 5.41) is 6.57. The van der Waals surface area contributed by atoms with E-state index in [1.165, 1.54) is 25.7 Å². The zero-order chi connectivity index (χ0) is 19.5. The summed E-state index contributed by atoms with van der Waals surface area (Å²) in [7, 11) is 1.60. The molecule has 3 aliphatic rings. The highest BCUT2D eigenvalue weighted by Crippen LogP contribution is 2.34. The minimum atomic E-state index is -0.0620. The number of carbonyl (C=O) groups excluding carboxylic acids is 2. The molecule has 0 aromatic heterocycles. The van der Waals surface area contributed by atoms with Crippen LogP contribution in [0.4, 0.5) is 5.69 Å². The minimum absolute atomic E-state index is 0.0154. The molecule has 0 bridgehead atoms. The molecule has 1 aliphatic carbocycles. The van der Waals surface area contributed by atoms with Crippen molar-refractivity contribution < 1.29 is 14.3 Å². The van der Waals surface area contributed by atoms with Crippen molar-refractivity contribution in [3.63, 3.8) is 0 Å². The number of ether oxygens (including phenoxy) is 1. The van der Waals surface area contributed by atoms with Crippen LogP contribution in [0, 0.1) is 11.8 Å². The number of methoxy groups -OCH3 is 1. The SMILES string of the molecule is COc1ccccc1NC(=O)C1CCN(C(=O)C2CC3CCCCC3N2)CC1. The lowest BCUT2D eigenvalue weighted by molar-refractivity contribution is -0.136. The van der Waals surface area contributed by atoms with Crippen LogP contribution in [-0.4, -0.2) is 49.0 Å². The predicted octanol–water partition coefficient (Wildman–Crippen LogP) is 2.79. The maximum atomic E-state index is 12.9. The first-order valence-electron chi connectivity index (χ1n) is 10.6. The van der Waals surface area contributed by atoms with E-state index < -0.39 is 0 Å². The van der Waals surface area contributed by atoms with Crippen LogP contribution >= 0.6 is 0 Å². The van der Waals surface area contributed by atoms with Gasteiger partial charge < -0.3 is 20.3 Å². The Hall–Kier alpha value is -2.08. The number of likely N-dealkylation sites (tertiary alicyclic amines) is 1. The summed E-state index contributed by atoms with van der Waals surface area (Å²) in [5.74, 6) is 1.52. The molecule has 3 unspecified atom stereocenters. The van der Waals surface area contributed by atoms with Crippen molar-refractivity contribution in [3.05, 3.63) is 24.3 Å². The molecular formula is C22H31N3O3. The fraction of sp³-hybridized carbons (Fsp3) is 0.636. The molecule has 1 aromatic rings. The molecule has 6 nitrogen and oxygen atoms in total. The molecule has 2 amide bonds. The molecule has 1 saturated carbocycles. The molecule has 3 atom stereocenters. The second kappa shape index (κ2) is 8.52. The number of carbonyl (C=O) groups is 2. The van der Waals surface area contributed by atoms with Gasteiger partial charge in [-0.2, -0.15) is 0 Å². The summed E-state index contributed by atoms with van der Waals surface area (Å²) < 4.78 is 5.30. The molecule has 152 valence electrons. The summed E-state index contributed by atoms with van der Waals surface area (Å²) in [6.07, 6.45) is 7.46. The highest BCUT2D eigenvalue weighted by Gasteiger charge is 2.40. The number of para-hydroxylation sites is 2. The highest BCUT2D eigenvalue weighted by atomic mass is 16.5. The van der Waals surface area contributed by atoms with Crippen molar-refractivity contribution in [2.24, 2.45) is 11.8 Å². The number of fused-ring (bicyclic) bond motifs is 1. The van der Waals surface area contributed by atoms with Gasteiger partial charge in [-0.25, -0.2) is 0 Å². The fourth-order valence-electron chi connectivity index (χ4n) is 5.08. The highest BCUT2D eigenvalue weighted by molar-refractivity contribution is 5.94. The third-order valence-corrected chi connectivity index (χ3v) is 6.70. The van der Waals surface area contributed by atoms with Gasteiger partial charge in [0.2, 0.25) is 11.8 Å². The lowest BCUT2D eigenvalue weighted by Gasteiger charge is -2.33. The summed E-state index contributed by atoms with van der Waals surface area (Å²) in [5.41, 5.74) is 0.700. The van der Waals surface area contributed by atoms with E-state index in [4.69, 9.17) is 4.74 Å². The van der Waals surface area contributed by atoms with Gasteiger partial charge in [0.15, 0.2) is 0 Å². The Kier molecular flexibility index (Phi) is 5.85. The molecular weight excluding hydrogens is 354 g/mol. The maximum absolute atomic E-state index is 12.9. The van der Waals surface area contributed by atoms with Crippen LogP contribution in [0.2, 0.25) is 0 Å². The standard InChI is InChI=1S/C22H31N3O3/c1-28-20-9-5-4-8-18(20)24-21(26)15-10-12-25(13-11-15)22(27)19-14-16-6-2-3-7-17(16)23-19/h4-5,8-9,15-17,19,23H,2-3,6-7,10-14H2,1H3,(H,24,26). The van der Waals surface area contributed by atoms with Crippen LogP contribution in [0.1, 0.15) is 44.9 Å². The zero-order valence-electron chi connectivity index (χ0n) is 16.7. The molecule has 1 aromatic carbocycles. The molecule has 2 N–H and O–H groups in total. The maximum Gasteiger partial charge on any atom is 0.239 e. The van der Waals surface area contributed by atoms with Gasteiger partial charge in [0.05, 0.1) is 18.8 Å². The number of amides is 2. The Labute approximate surface area is 167 Å². The van der Waals surface area contributed by atoms with E-state index >= 15 is 0 Å². The number of anilines is 1. The van der Waals surface area contributed by atoms with Crippen molar-refractivity contribution in [1.82, 2.24) is 10.2 Å². The van der Waals surface area contributed by atoms with E-state index in [1.807, 2.05) is 29.2 Å². The second-order valence-electron chi connectivity index (χ2n) is 8.40. The average molecular weight is 386 g/mol. The number of nitrogens with one attached hydrogen (secondary N) is 2. The number of hydrogen-bond acceptors (Lipinski definition) is 4. The third kappa shape index (κ3) is 4.02. The first-order valence-corrected chi connectivity index (χ1v) is 10.6. The molecule has 2 aliphatic heterocycles. The van der Waals surface area contributed by atoms with Crippen molar-refractivity contribution >= 4 is 17.5 Å². The van der Waals surface area contributed by atoms with Crippen molar-refractivity contribution in [1.29, 1.82) is 0 Å². The average Bonchev–Trinajstić information content (AvgIpc) is 3.18. The number of rotatable bonds is 4. The van der Waals surface area contributed by atoms with Crippen LogP contribution in [0.25, 0.3) is 0 Å². The van der Waals surface area contributed by atoms with E-state index in [1.54, 1.807) is 7.11 Å². The fourth-order valence-corrected chi connectivity index (χ4v) is 5.08. The van der Waals surface area contributed by atoms with E-state index in [-0.39, 0.29) is 23.8 Å². The van der Waals surface area contributed by atoms with Crippen LogP contribution < -0.4 is 15.4 Å². The molecule has 28 heavy (non-hydrogen) atoms. The molecule has 0 radical (unpaired) electrons. The van der Waals surface area contributed by atoms with E-state index in [0.29, 0.717) is 49.3 Å². The van der Waals surface area contributed by atoms with Crippen molar-refractivity contribution in [2.75, 3.05) is 25.5 Å². The van der Waals surface area contributed by atoms with E-state index in [0.717, 1.165) is 6.42 Å². The monoisotopic (exact) mass is 385 g/mol. The van der Waals surface area contributed by atoms with Crippen molar-refractivity contribution in [2.45, 2.75) is 57.0 Å². The summed E-state index contributed by atoms with van der Waals surface area (Å²) in [6.45, 7) is 1.33. The first-order chi connectivity index (χ1) is 13.7. The van der Waals surface area contributed by atoms with Gasteiger partial charge in [0, 0.05) is 25.0 Å². The molecule has 3 fully saturated rings. The quantitative estimate of drug-likeness (QED) is 0.836. The van der Waals surface area contributed by atoms with Gasteiger partial charge in [-0.15, -0.1) is 0 Å². The number of benzene rings is 1. The Balaban J connectivity index is 1.28. The van der Waals surface area contributed by atoms with Crippen LogP contribution in [0.5, 0.6) is 5.75 Å². The Morgan fingerprint density at radius 2 is 1.86 bits per heavy atom. The van der Waals surface area contributed by atoms with Crippen LogP contribution in [0.3, 0.4) is 0 Å². The minimum Gasteiger partial charge on any atom is -0.495 e. The Morgan fingerprint density at radius 3 is 2.61 bits per heavy atom. The van der Waals surface area contributed by atoms with Crippen molar-refractivity contribution in [3.8, 4) is 5.75 Å². The normalized spacial score (nSPS) is 27.9. The second-order valence-corrected chi connectivity index (χ2v) is 8.40. The van der Waals surface area contributed by atoms with Gasteiger partial charge in [0.1, 0.15) is 5.75 Å². The van der Waals surface area contributed by atoms with Gasteiger partial charge in [-0.1, -0.05) is 25.0 Å². The lowest BCUT2D eigenvalue weighted by atomic mass is 9.85. The third-order valence-electron chi connectivity index (χ3n) is 6.70. The lowest BCUT2D eigenvalue weighted by Crippen LogP contribution is -2.49. The molecule has 2 heterocycles. The number of hydrogen-bond donors (Lipinski definition) is 2. The Bertz CT molecular complexity index is 701. The Morgan fingerprint density at radius 1 is 1.11 bits per heavy atom. The first kappa shape index (κ1) is 19.2. The molecule has 6 heteroatoms. The summed E-state index contributed by atoms with van der Waals surface area (Å²) in [6, 6.07) is 7.96. The van der Waals surface area contributed by atoms with Gasteiger partial charge in [0.25, 0.3) is 0 Å². The number of nitrogens with zero attached hydrogens (tertiary/aromatic N) is 1. The van der Waals surface area contributed by atoms with Crippen LogP contribution in [0.15, 0.2) is 24.3 Å². The predicted molar refractivity (Wildman–Crippen MR) is 108 cm³/mol. The molecule has 2 saturated heterocycles. The van der Waals surface area contributed by atoms with Gasteiger partial charge in [-0.3, -0.25) is 9.59 Å². The van der Waals surface area contributed by atoms with E-state index in [2.05, 4.69) is 10.6 Å². The van der Waals surface area contributed by atoms with Crippen LogP contribution in [-0.2, 0) is 9.59 Å². The van der Waals surface area contributed by atoms with E-state index in [9.17, 15) is 9.59 Å². The number of piperidine rings is 1. The molecule has 4 rings (SSSR count). The largest absolute Gasteiger partial charge is 0.495 e. The topological polar surface area (TPSA) is 70.7 Å².